The third-order valence-corrected chi connectivity index (χ3v) is 3.85. The molecule has 7 heteroatoms. The van der Waals surface area contributed by atoms with E-state index in [2.05, 4.69) is 10.9 Å². The van der Waals surface area contributed by atoms with Crippen LogP contribution in [0, 0.1) is 0 Å². The van der Waals surface area contributed by atoms with Crippen LogP contribution in [0.3, 0.4) is 0 Å². The van der Waals surface area contributed by atoms with Gasteiger partial charge in [-0.05, 0) is 61.4 Å². The zero-order valence-electron chi connectivity index (χ0n) is 15.7. The molecule has 2 aromatic carbocycles. The number of nitrogens with one attached hydrogen (secondary N) is 2. The molecule has 0 atom stereocenters. The standard InChI is InChI=1S/C20H24N2O5/c1-4-27-16-8-5-14(6-9-16)20(24)22-21-19(23)12-7-15-13-17(25-2)10-11-18(15)26-3/h5-6,8-11,13H,4,7,12H2,1-3H3,(H,21,23)(H,22,24). The SMILES string of the molecule is CCOc1ccc(C(=O)NNC(=O)CCc2cc(OC)ccc2OC)cc1. The predicted octanol–water partition coefficient (Wildman–Crippen LogP) is 2.50. The van der Waals surface area contributed by atoms with Gasteiger partial charge in [-0.1, -0.05) is 0 Å². The number of methoxy groups -OCH3 is 2. The topological polar surface area (TPSA) is 85.9 Å². The molecular formula is C20H24N2O5. The van der Waals surface area contributed by atoms with Gasteiger partial charge in [0.15, 0.2) is 0 Å². The van der Waals surface area contributed by atoms with Crippen LogP contribution in [0.1, 0.15) is 29.3 Å². The molecule has 2 N–H and O–H groups in total. The zero-order valence-corrected chi connectivity index (χ0v) is 15.7. The number of rotatable bonds is 8. The van der Waals surface area contributed by atoms with E-state index in [9.17, 15) is 9.59 Å². The van der Waals surface area contributed by atoms with Gasteiger partial charge in [-0.15, -0.1) is 0 Å². The number of ether oxygens (including phenoxy) is 3. The van der Waals surface area contributed by atoms with E-state index in [1.807, 2.05) is 13.0 Å². The molecule has 2 rings (SSSR count). The third-order valence-electron chi connectivity index (χ3n) is 3.85. The number of aryl methyl sites for hydroxylation is 1. The van der Waals surface area contributed by atoms with Gasteiger partial charge in [-0.25, -0.2) is 0 Å². The Bertz CT molecular complexity index is 774. The third kappa shape index (κ3) is 5.91. The van der Waals surface area contributed by atoms with E-state index < -0.39 is 5.91 Å². The first kappa shape index (κ1) is 20.1. The number of amides is 2. The first-order valence-electron chi connectivity index (χ1n) is 8.60. The Labute approximate surface area is 158 Å². The molecule has 7 nitrogen and oxygen atoms in total. The van der Waals surface area contributed by atoms with E-state index in [1.165, 1.54) is 0 Å². The molecule has 0 radical (unpaired) electrons. The summed E-state index contributed by atoms with van der Waals surface area (Å²) < 4.78 is 15.8. The summed E-state index contributed by atoms with van der Waals surface area (Å²) in [5.74, 6) is 1.35. The van der Waals surface area contributed by atoms with Crippen molar-refractivity contribution in [2.45, 2.75) is 19.8 Å². The van der Waals surface area contributed by atoms with Crippen molar-refractivity contribution < 1.29 is 23.8 Å². The van der Waals surface area contributed by atoms with Crippen molar-refractivity contribution in [2.75, 3.05) is 20.8 Å². The normalized spacial score (nSPS) is 10.0. The van der Waals surface area contributed by atoms with Crippen molar-refractivity contribution >= 4 is 11.8 Å². The van der Waals surface area contributed by atoms with Crippen molar-refractivity contribution in [2.24, 2.45) is 0 Å². The van der Waals surface area contributed by atoms with E-state index in [-0.39, 0.29) is 12.3 Å². The van der Waals surface area contributed by atoms with Crippen LogP contribution in [0.5, 0.6) is 17.2 Å². The second-order valence-electron chi connectivity index (χ2n) is 5.64. The smallest absolute Gasteiger partial charge is 0.269 e. The van der Waals surface area contributed by atoms with Crippen molar-refractivity contribution in [3.8, 4) is 17.2 Å². The quantitative estimate of drug-likeness (QED) is 0.696. The van der Waals surface area contributed by atoms with Gasteiger partial charge in [0.05, 0.1) is 20.8 Å². The molecule has 2 amide bonds. The lowest BCUT2D eigenvalue weighted by atomic mass is 10.1. The molecule has 144 valence electrons. The van der Waals surface area contributed by atoms with E-state index in [0.29, 0.717) is 35.8 Å². The van der Waals surface area contributed by atoms with Gasteiger partial charge in [-0.2, -0.15) is 0 Å². The van der Waals surface area contributed by atoms with Crippen molar-refractivity contribution in [3.05, 3.63) is 53.6 Å². The number of hydrogen-bond donors (Lipinski definition) is 2. The Morgan fingerprint density at radius 1 is 0.926 bits per heavy atom. The highest BCUT2D eigenvalue weighted by Gasteiger charge is 2.10. The highest BCUT2D eigenvalue weighted by molar-refractivity contribution is 5.95. The van der Waals surface area contributed by atoms with Gasteiger partial charge in [-0.3, -0.25) is 20.4 Å². The number of hydrogen-bond acceptors (Lipinski definition) is 5. The second kappa shape index (κ2) is 10.1. The summed E-state index contributed by atoms with van der Waals surface area (Å²) in [6, 6.07) is 12.1. The van der Waals surface area contributed by atoms with E-state index >= 15 is 0 Å². The minimum absolute atomic E-state index is 0.188. The molecule has 0 aliphatic heterocycles. The van der Waals surface area contributed by atoms with Crippen LogP contribution in [0.2, 0.25) is 0 Å². The van der Waals surface area contributed by atoms with Gasteiger partial charge in [0.1, 0.15) is 17.2 Å². The van der Waals surface area contributed by atoms with Gasteiger partial charge < -0.3 is 14.2 Å². The first-order valence-corrected chi connectivity index (χ1v) is 8.60. The number of carbonyl (C=O) groups excluding carboxylic acids is 2. The van der Waals surface area contributed by atoms with Crippen molar-refractivity contribution in [3.63, 3.8) is 0 Å². The summed E-state index contributed by atoms with van der Waals surface area (Å²) in [6.07, 6.45) is 0.637. The minimum Gasteiger partial charge on any atom is -0.497 e. The summed E-state index contributed by atoms with van der Waals surface area (Å²) in [5.41, 5.74) is 6.09. The molecule has 0 aliphatic carbocycles. The first-order chi connectivity index (χ1) is 13.1. The molecule has 0 aromatic heterocycles. The summed E-state index contributed by atoms with van der Waals surface area (Å²) in [5, 5.41) is 0. The molecule has 0 fully saturated rings. The molecule has 0 unspecified atom stereocenters. The molecular weight excluding hydrogens is 348 g/mol. The van der Waals surface area contributed by atoms with Crippen LogP contribution in [0.25, 0.3) is 0 Å². The largest absolute Gasteiger partial charge is 0.497 e. The Morgan fingerprint density at radius 2 is 1.63 bits per heavy atom. The van der Waals surface area contributed by atoms with Gasteiger partial charge >= 0.3 is 0 Å². The van der Waals surface area contributed by atoms with Crippen LogP contribution in [0.4, 0.5) is 0 Å². The van der Waals surface area contributed by atoms with Crippen LogP contribution in [0.15, 0.2) is 42.5 Å². The molecule has 0 saturated heterocycles. The Morgan fingerprint density at radius 3 is 2.26 bits per heavy atom. The van der Waals surface area contributed by atoms with Crippen LogP contribution < -0.4 is 25.1 Å². The summed E-state index contributed by atoms with van der Waals surface area (Å²) in [7, 11) is 3.15. The zero-order chi connectivity index (χ0) is 19.6. The molecule has 2 aromatic rings. The molecule has 0 heterocycles. The fraction of sp³-hybridized carbons (Fsp3) is 0.300. The lowest BCUT2D eigenvalue weighted by molar-refractivity contribution is -0.121. The summed E-state index contributed by atoms with van der Waals surface area (Å²) in [4.78, 5) is 24.1. The molecule has 0 saturated carbocycles. The number of hydrazine groups is 1. The summed E-state index contributed by atoms with van der Waals surface area (Å²) >= 11 is 0. The van der Waals surface area contributed by atoms with Crippen molar-refractivity contribution in [1.29, 1.82) is 0 Å². The molecule has 0 aliphatic rings. The maximum atomic E-state index is 12.1. The maximum Gasteiger partial charge on any atom is 0.269 e. The van der Waals surface area contributed by atoms with Gasteiger partial charge in [0.2, 0.25) is 5.91 Å². The lowest BCUT2D eigenvalue weighted by Gasteiger charge is -2.11. The van der Waals surface area contributed by atoms with E-state index in [1.54, 1.807) is 50.6 Å². The number of carbonyl (C=O) groups is 2. The van der Waals surface area contributed by atoms with Crippen LogP contribution in [-0.2, 0) is 11.2 Å². The van der Waals surface area contributed by atoms with Crippen LogP contribution >= 0.6 is 0 Å². The van der Waals surface area contributed by atoms with Crippen molar-refractivity contribution in [1.82, 2.24) is 10.9 Å². The monoisotopic (exact) mass is 372 g/mol. The molecule has 0 bridgehead atoms. The Kier molecular flexibility index (Phi) is 7.49. The fourth-order valence-electron chi connectivity index (χ4n) is 2.46. The average molecular weight is 372 g/mol. The highest BCUT2D eigenvalue weighted by atomic mass is 16.5. The Hall–Kier alpha value is -3.22. The average Bonchev–Trinajstić information content (AvgIpc) is 2.71. The minimum atomic E-state index is -0.398. The number of benzene rings is 2. The second-order valence-corrected chi connectivity index (χ2v) is 5.64. The summed E-state index contributed by atoms with van der Waals surface area (Å²) in [6.45, 7) is 2.44. The maximum absolute atomic E-state index is 12.1. The van der Waals surface area contributed by atoms with Gasteiger partial charge in [0, 0.05) is 12.0 Å². The predicted molar refractivity (Wildman–Crippen MR) is 101 cm³/mol. The van der Waals surface area contributed by atoms with Gasteiger partial charge in [0.25, 0.3) is 5.91 Å². The fourth-order valence-corrected chi connectivity index (χ4v) is 2.46. The highest BCUT2D eigenvalue weighted by Crippen LogP contribution is 2.25. The molecule has 0 spiro atoms. The van der Waals surface area contributed by atoms with E-state index in [4.69, 9.17) is 14.2 Å². The molecule has 27 heavy (non-hydrogen) atoms. The Balaban J connectivity index is 1.84. The lowest BCUT2D eigenvalue weighted by Crippen LogP contribution is -2.41. The van der Waals surface area contributed by atoms with E-state index in [0.717, 1.165) is 5.56 Å². The van der Waals surface area contributed by atoms with Crippen LogP contribution in [-0.4, -0.2) is 32.6 Å².